The maximum absolute atomic E-state index is 12.8. The second-order valence-corrected chi connectivity index (χ2v) is 8.56. The summed E-state index contributed by atoms with van der Waals surface area (Å²) < 4.78 is 38.5. The molecule has 0 spiro atoms. The molecule has 0 amide bonds. The topological polar surface area (TPSA) is 46.2 Å². The average Bonchev–Trinajstić information content (AvgIpc) is 2.63. The molecule has 0 bridgehead atoms. The van der Waals surface area contributed by atoms with Crippen molar-refractivity contribution in [3.05, 3.63) is 58.6 Å². The average molecular weight is 432 g/mol. The first-order chi connectivity index (χ1) is 13.2. The number of benzene rings is 2. The summed E-state index contributed by atoms with van der Waals surface area (Å²) in [5.74, 6) is 0. The van der Waals surface area contributed by atoms with Crippen LogP contribution >= 0.6 is 23.4 Å². The van der Waals surface area contributed by atoms with Crippen molar-refractivity contribution in [1.82, 2.24) is 0 Å². The van der Waals surface area contributed by atoms with Gasteiger partial charge in [-0.1, -0.05) is 48.8 Å². The highest BCUT2D eigenvalue weighted by molar-refractivity contribution is 7.99. The Balaban J connectivity index is 2.01. The maximum Gasteiger partial charge on any atom is 0.416 e. The summed E-state index contributed by atoms with van der Waals surface area (Å²) in [6.45, 7) is 2.00. The summed E-state index contributed by atoms with van der Waals surface area (Å²) in [5, 5.41) is 10.1. The lowest BCUT2D eigenvalue weighted by Crippen LogP contribution is -2.43. The van der Waals surface area contributed by atoms with Crippen LogP contribution in [0.4, 0.5) is 13.2 Å². The molecule has 1 atom stereocenters. The summed E-state index contributed by atoms with van der Waals surface area (Å²) in [7, 11) is 0. The fraction of sp³-hybridized carbons (Fsp3) is 0.429. The van der Waals surface area contributed by atoms with Gasteiger partial charge in [-0.25, -0.2) is 0 Å². The Hall–Kier alpha value is -1.21. The van der Waals surface area contributed by atoms with E-state index >= 15 is 0 Å². The third kappa shape index (κ3) is 6.69. The Kier molecular flexibility index (Phi) is 8.25. The van der Waals surface area contributed by atoms with Gasteiger partial charge in [-0.2, -0.15) is 13.2 Å². The van der Waals surface area contributed by atoms with E-state index in [4.69, 9.17) is 17.3 Å². The third-order valence-electron chi connectivity index (χ3n) is 4.61. The summed E-state index contributed by atoms with van der Waals surface area (Å²) >= 11 is 7.61. The summed E-state index contributed by atoms with van der Waals surface area (Å²) in [6, 6.07) is 10.8. The number of nitrogens with two attached hydrogens (primary N) is 1. The number of hydrogen-bond acceptors (Lipinski definition) is 3. The Morgan fingerprint density at radius 1 is 1.07 bits per heavy atom. The van der Waals surface area contributed by atoms with Gasteiger partial charge in [-0.15, -0.1) is 0 Å². The lowest BCUT2D eigenvalue weighted by atomic mass is 9.89. The predicted octanol–water partition coefficient (Wildman–Crippen LogP) is 6.32. The lowest BCUT2D eigenvalue weighted by Gasteiger charge is -2.26. The molecule has 2 nitrogen and oxygen atoms in total. The smallest absolute Gasteiger partial charge is 0.394 e. The van der Waals surface area contributed by atoms with Crippen LogP contribution in [0, 0.1) is 0 Å². The van der Waals surface area contributed by atoms with Crippen molar-refractivity contribution in [3.63, 3.8) is 0 Å². The van der Waals surface area contributed by atoms with E-state index in [0.717, 1.165) is 48.3 Å². The minimum Gasteiger partial charge on any atom is -0.394 e. The number of halogens is 4. The largest absolute Gasteiger partial charge is 0.416 e. The molecule has 0 aliphatic rings. The van der Waals surface area contributed by atoms with Crippen molar-refractivity contribution < 1.29 is 18.3 Å². The van der Waals surface area contributed by atoms with E-state index in [-0.39, 0.29) is 6.61 Å². The van der Waals surface area contributed by atoms with Crippen molar-refractivity contribution in [2.75, 3.05) is 6.61 Å². The van der Waals surface area contributed by atoms with Gasteiger partial charge in [0.2, 0.25) is 0 Å². The van der Waals surface area contributed by atoms with Crippen LogP contribution in [0.3, 0.4) is 0 Å². The van der Waals surface area contributed by atoms with Crippen LogP contribution < -0.4 is 5.73 Å². The minimum absolute atomic E-state index is 0.0405. The number of alkyl halides is 3. The van der Waals surface area contributed by atoms with Crippen molar-refractivity contribution in [3.8, 4) is 0 Å². The normalized spacial score (nSPS) is 14.1. The molecule has 3 N–H and O–H groups in total. The highest BCUT2D eigenvalue weighted by Gasteiger charge is 2.30. The van der Waals surface area contributed by atoms with E-state index in [2.05, 4.69) is 0 Å². The van der Waals surface area contributed by atoms with Crippen LogP contribution in [0.25, 0.3) is 0 Å². The monoisotopic (exact) mass is 431 g/mol. The van der Waals surface area contributed by atoms with Crippen LogP contribution in [-0.2, 0) is 12.6 Å². The quantitative estimate of drug-likeness (QED) is 0.488. The Labute approximate surface area is 173 Å². The molecule has 7 heteroatoms. The van der Waals surface area contributed by atoms with Crippen molar-refractivity contribution in [2.45, 2.75) is 60.5 Å². The molecular weight excluding hydrogens is 407 g/mol. The SMILES string of the molecule is CCCC(N)(CO)CCCc1ccc(Sc2cccc(C(F)(F)F)c2)cc1Cl. The highest BCUT2D eigenvalue weighted by Crippen LogP contribution is 2.35. The standard InChI is InChI=1S/C21H25ClF3NOS/c1-2-10-20(26,14-27)11-4-5-15-8-9-18(13-19(15)22)28-17-7-3-6-16(12-17)21(23,24)25/h3,6-9,12-13,27H,2,4-5,10-11,14,26H2,1H3. The van der Waals surface area contributed by atoms with Gasteiger partial charge in [0, 0.05) is 20.4 Å². The molecule has 2 rings (SSSR count). The maximum atomic E-state index is 12.8. The van der Waals surface area contributed by atoms with Crippen LogP contribution in [0.2, 0.25) is 5.02 Å². The zero-order valence-corrected chi connectivity index (χ0v) is 17.3. The van der Waals surface area contributed by atoms with Crippen molar-refractivity contribution >= 4 is 23.4 Å². The van der Waals surface area contributed by atoms with Crippen molar-refractivity contribution in [2.24, 2.45) is 5.73 Å². The molecule has 0 aromatic heterocycles. The number of hydrogen-bond donors (Lipinski definition) is 2. The summed E-state index contributed by atoms with van der Waals surface area (Å²) in [4.78, 5) is 1.29. The van der Waals surface area contributed by atoms with Gasteiger partial charge in [-0.3, -0.25) is 0 Å². The fourth-order valence-electron chi connectivity index (χ4n) is 3.08. The third-order valence-corrected chi connectivity index (χ3v) is 5.94. The molecule has 0 saturated heterocycles. The summed E-state index contributed by atoms with van der Waals surface area (Å²) in [5.41, 5.74) is 5.94. The Morgan fingerprint density at radius 2 is 1.79 bits per heavy atom. The van der Waals surface area contributed by atoms with E-state index in [1.807, 2.05) is 19.1 Å². The molecule has 0 saturated carbocycles. The molecule has 154 valence electrons. The molecule has 0 radical (unpaired) electrons. The number of aliphatic hydroxyl groups excluding tert-OH is 1. The van der Waals surface area contributed by atoms with E-state index < -0.39 is 17.3 Å². The molecule has 2 aromatic rings. The fourth-order valence-corrected chi connectivity index (χ4v) is 4.34. The first kappa shape index (κ1) is 23.1. The van der Waals surface area contributed by atoms with E-state index in [1.54, 1.807) is 12.1 Å². The second kappa shape index (κ2) is 10.0. The Bertz CT molecular complexity index is 784. The van der Waals surface area contributed by atoms with Crippen LogP contribution in [0.5, 0.6) is 0 Å². The van der Waals surface area contributed by atoms with Gasteiger partial charge < -0.3 is 10.8 Å². The molecule has 1 unspecified atom stereocenters. The second-order valence-electron chi connectivity index (χ2n) is 7.00. The van der Waals surface area contributed by atoms with Gasteiger partial charge in [0.1, 0.15) is 0 Å². The molecule has 28 heavy (non-hydrogen) atoms. The Morgan fingerprint density at radius 3 is 2.39 bits per heavy atom. The number of rotatable bonds is 9. The molecular formula is C21H25ClF3NOS. The van der Waals surface area contributed by atoms with Gasteiger partial charge in [0.15, 0.2) is 0 Å². The van der Waals surface area contributed by atoms with E-state index in [0.29, 0.717) is 16.3 Å². The minimum atomic E-state index is -4.36. The molecule has 2 aromatic carbocycles. The molecule has 0 aliphatic heterocycles. The van der Waals surface area contributed by atoms with Crippen LogP contribution in [-0.4, -0.2) is 17.3 Å². The summed E-state index contributed by atoms with van der Waals surface area (Å²) in [6.07, 6.45) is -0.437. The lowest BCUT2D eigenvalue weighted by molar-refractivity contribution is -0.137. The van der Waals surface area contributed by atoms with Crippen molar-refractivity contribution in [1.29, 1.82) is 0 Å². The molecule has 0 heterocycles. The van der Waals surface area contributed by atoms with Crippen LogP contribution in [0.1, 0.15) is 43.7 Å². The van der Waals surface area contributed by atoms with E-state index in [9.17, 15) is 18.3 Å². The van der Waals surface area contributed by atoms with Gasteiger partial charge in [0.05, 0.1) is 12.2 Å². The first-order valence-electron chi connectivity index (χ1n) is 9.20. The van der Waals surface area contributed by atoms with E-state index in [1.165, 1.54) is 17.8 Å². The molecule has 0 fully saturated rings. The van der Waals surface area contributed by atoms with Crippen LogP contribution in [0.15, 0.2) is 52.3 Å². The van der Waals surface area contributed by atoms with Gasteiger partial charge >= 0.3 is 6.18 Å². The first-order valence-corrected chi connectivity index (χ1v) is 10.4. The zero-order chi connectivity index (χ0) is 20.8. The number of aryl methyl sites for hydroxylation is 1. The predicted molar refractivity (Wildman–Crippen MR) is 109 cm³/mol. The van der Waals surface area contributed by atoms with Gasteiger partial charge in [-0.05, 0) is 61.6 Å². The van der Waals surface area contributed by atoms with Gasteiger partial charge in [0.25, 0.3) is 0 Å². The number of aliphatic hydroxyl groups is 1. The molecule has 0 aliphatic carbocycles. The highest BCUT2D eigenvalue weighted by atomic mass is 35.5. The zero-order valence-electron chi connectivity index (χ0n) is 15.7.